The Labute approximate surface area is 148 Å². The smallest absolute Gasteiger partial charge is 0.410 e. The zero-order valence-corrected chi connectivity index (χ0v) is 15.5. The third-order valence-electron chi connectivity index (χ3n) is 4.40. The Morgan fingerprint density at radius 3 is 2.76 bits per heavy atom. The highest BCUT2D eigenvalue weighted by Crippen LogP contribution is 2.22. The van der Waals surface area contributed by atoms with Crippen molar-refractivity contribution in [3.05, 3.63) is 18.3 Å². The third kappa shape index (κ3) is 4.41. The summed E-state index contributed by atoms with van der Waals surface area (Å²) in [5.74, 6) is 1.37. The average molecular weight is 345 g/mol. The molecule has 0 bridgehead atoms. The number of aromatic nitrogens is 3. The maximum absolute atomic E-state index is 12.1. The number of anilines is 1. The Balaban J connectivity index is 1.52. The molecule has 136 valence electrons. The van der Waals surface area contributed by atoms with Crippen LogP contribution in [0.3, 0.4) is 0 Å². The van der Waals surface area contributed by atoms with Gasteiger partial charge in [0.05, 0.1) is 5.52 Å². The maximum Gasteiger partial charge on any atom is 0.410 e. The van der Waals surface area contributed by atoms with E-state index in [2.05, 4.69) is 19.9 Å². The Bertz CT molecular complexity index is 695. The molecule has 3 heterocycles. The minimum Gasteiger partial charge on any atom is -0.444 e. The second-order valence-electron chi connectivity index (χ2n) is 7.73. The molecule has 0 aromatic carbocycles. The largest absolute Gasteiger partial charge is 0.444 e. The minimum atomic E-state index is -0.441. The van der Waals surface area contributed by atoms with Gasteiger partial charge in [0.15, 0.2) is 5.65 Å². The minimum absolute atomic E-state index is 0.206. The first kappa shape index (κ1) is 17.5. The Morgan fingerprint density at radius 1 is 1.40 bits per heavy atom. The predicted octanol–water partition coefficient (Wildman–Crippen LogP) is 3.04. The molecular weight excluding hydrogens is 318 g/mol. The van der Waals surface area contributed by atoms with E-state index in [-0.39, 0.29) is 6.09 Å². The number of likely N-dealkylation sites (tertiary alicyclic amines) is 1. The van der Waals surface area contributed by atoms with E-state index in [0.717, 1.165) is 49.6 Å². The van der Waals surface area contributed by atoms with Crippen molar-refractivity contribution >= 4 is 23.2 Å². The van der Waals surface area contributed by atoms with Crippen LogP contribution in [0.15, 0.2) is 18.3 Å². The Hall–Kier alpha value is -2.31. The number of fused-ring (bicyclic) bond motifs is 1. The molecule has 0 aliphatic carbocycles. The van der Waals surface area contributed by atoms with Crippen LogP contribution in [0, 0.1) is 5.92 Å². The number of hydrogen-bond acceptors (Lipinski definition) is 5. The topological polar surface area (TPSA) is 74.3 Å². The quantitative estimate of drug-likeness (QED) is 0.925. The average Bonchev–Trinajstić information content (AvgIpc) is 2.98. The van der Waals surface area contributed by atoms with Crippen LogP contribution in [0.1, 0.15) is 33.6 Å². The molecule has 1 aliphatic rings. The van der Waals surface area contributed by atoms with E-state index in [1.54, 1.807) is 6.20 Å². The molecule has 1 saturated heterocycles. The van der Waals surface area contributed by atoms with Crippen molar-refractivity contribution in [2.75, 3.05) is 31.6 Å². The maximum atomic E-state index is 12.1. The van der Waals surface area contributed by atoms with Gasteiger partial charge in [0, 0.05) is 32.9 Å². The molecule has 25 heavy (non-hydrogen) atoms. The summed E-state index contributed by atoms with van der Waals surface area (Å²) in [6.07, 6.45) is 3.49. The number of carbonyl (C=O) groups is 1. The van der Waals surface area contributed by atoms with Gasteiger partial charge in [-0.25, -0.2) is 9.78 Å². The van der Waals surface area contributed by atoms with Crippen LogP contribution >= 0.6 is 0 Å². The van der Waals surface area contributed by atoms with Crippen LogP contribution < -0.4 is 4.90 Å². The molecule has 2 aromatic rings. The second-order valence-corrected chi connectivity index (χ2v) is 7.73. The number of rotatable bonds is 3. The van der Waals surface area contributed by atoms with Gasteiger partial charge in [0.2, 0.25) is 5.95 Å². The lowest BCUT2D eigenvalue weighted by Gasteiger charge is -2.34. The number of pyridine rings is 1. The van der Waals surface area contributed by atoms with E-state index in [1.165, 1.54) is 0 Å². The first-order chi connectivity index (χ1) is 11.8. The number of aromatic amines is 1. The van der Waals surface area contributed by atoms with Crippen LogP contribution in [-0.4, -0.2) is 58.2 Å². The molecule has 1 fully saturated rings. The summed E-state index contributed by atoms with van der Waals surface area (Å²) in [4.78, 5) is 28.2. The monoisotopic (exact) mass is 345 g/mol. The first-order valence-electron chi connectivity index (χ1n) is 8.81. The van der Waals surface area contributed by atoms with Crippen LogP contribution in [0.5, 0.6) is 0 Å². The van der Waals surface area contributed by atoms with Crippen molar-refractivity contribution in [2.45, 2.75) is 39.2 Å². The zero-order chi connectivity index (χ0) is 18.0. The van der Waals surface area contributed by atoms with Gasteiger partial charge in [-0.3, -0.25) is 0 Å². The van der Waals surface area contributed by atoms with Crippen molar-refractivity contribution in [1.82, 2.24) is 19.9 Å². The van der Waals surface area contributed by atoms with Gasteiger partial charge < -0.3 is 19.5 Å². The summed E-state index contributed by atoms with van der Waals surface area (Å²) in [5, 5.41) is 0. The standard InChI is InChI=1S/C18H27N5O2/c1-18(2,3)25-17(24)23-10-7-13(8-11-23)12-22(4)16-20-14-6-5-9-19-15(14)21-16/h5-6,9,13H,7-8,10-12H2,1-4H3,(H,19,20,21). The highest BCUT2D eigenvalue weighted by Gasteiger charge is 2.27. The van der Waals surface area contributed by atoms with Gasteiger partial charge in [-0.1, -0.05) is 0 Å². The van der Waals surface area contributed by atoms with Crippen molar-refractivity contribution in [3.8, 4) is 0 Å². The number of H-pyrrole nitrogens is 1. The molecule has 7 nitrogen and oxygen atoms in total. The number of hydrogen-bond donors (Lipinski definition) is 1. The summed E-state index contributed by atoms with van der Waals surface area (Å²) < 4.78 is 5.45. The fraction of sp³-hybridized carbons (Fsp3) is 0.611. The van der Waals surface area contributed by atoms with Crippen molar-refractivity contribution in [3.63, 3.8) is 0 Å². The molecule has 2 aromatic heterocycles. The van der Waals surface area contributed by atoms with Crippen molar-refractivity contribution < 1.29 is 9.53 Å². The first-order valence-corrected chi connectivity index (χ1v) is 8.81. The number of nitrogens with zero attached hydrogens (tertiary/aromatic N) is 4. The lowest BCUT2D eigenvalue weighted by atomic mass is 9.96. The number of ether oxygens (including phenoxy) is 1. The molecule has 1 aliphatic heterocycles. The number of carbonyl (C=O) groups excluding carboxylic acids is 1. The summed E-state index contributed by atoms with van der Waals surface area (Å²) in [5.41, 5.74) is 1.25. The fourth-order valence-corrected chi connectivity index (χ4v) is 3.11. The molecule has 1 N–H and O–H groups in total. The molecule has 1 amide bonds. The molecule has 0 atom stereocenters. The van der Waals surface area contributed by atoms with Gasteiger partial charge in [-0.2, -0.15) is 4.98 Å². The molecule has 0 saturated carbocycles. The normalized spacial score (nSPS) is 16.2. The lowest BCUT2D eigenvalue weighted by molar-refractivity contribution is 0.0186. The second kappa shape index (κ2) is 6.90. The SMILES string of the molecule is CN(CC1CCN(C(=O)OC(C)(C)C)CC1)c1nc2ncccc2[nH]1. The molecule has 0 unspecified atom stereocenters. The number of amides is 1. The molecule has 7 heteroatoms. The number of nitrogens with one attached hydrogen (secondary N) is 1. The van der Waals surface area contributed by atoms with Gasteiger partial charge in [0.25, 0.3) is 0 Å². The van der Waals surface area contributed by atoms with Gasteiger partial charge in [-0.05, 0) is 51.7 Å². The van der Waals surface area contributed by atoms with Crippen LogP contribution in [-0.2, 0) is 4.74 Å². The predicted molar refractivity (Wildman–Crippen MR) is 97.7 cm³/mol. The highest BCUT2D eigenvalue weighted by atomic mass is 16.6. The van der Waals surface area contributed by atoms with E-state index in [4.69, 9.17) is 4.74 Å². The van der Waals surface area contributed by atoms with Crippen molar-refractivity contribution in [1.29, 1.82) is 0 Å². The van der Waals surface area contributed by atoms with Crippen LogP contribution in [0.25, 0.3) is 11.2 Å². The Kier molecular flexibility index (Phi) is 4.83. The van der Waals surface area contributed by atoms with E-state index < -0.39 is 5.60 Å². The number of piperidine rings is 1. The van der Waals surface area contributed by atoms with Gasteiger partial charge in [-0.15, -0.1) is 0 Å². The Morgan fingerprint density at radius 2 is 2.12 bits per heavy atom. The fourth-order valence-electron chi connectivity index (χ4n) is 3.11. The third-order valence-corrected chi connectivity index (χ3v) is 4.40. The van der Waals surface area contributed by atoms with Crippen LogP contribution in [0.4, 0.5) is 10.7 Å². The van der Waals surface area contributed by atoms with Gasteiger partial charge in [0.1, 0.15) is 5.60 Å². The highest BCUT2D eigenvalue weighted by molar-refractivity contribution is 5.73. The lowest BCUT2D eigenvalue weighted by Crippen LogP contribution is -2.43. The summed E-state index contributed by atoms with van der Waals surface area (Å²) >= 11 is 0. The summed E-state index contributed by atoms with van der Waals surface area (Å²) in [6.45, 7) is 8.09. The zero-order valence-electron chi connectivity index (χ0n) is 15.5. The van der Waals surface area contributed by atoms with E-state index in [1.807, 2.05) is 44.9 Å². The summed E-state index contributed by atoms with van der Waals surface area (Å²) in [7, 11) is 2.04. The van der Waals surface area contributed by atoms with Crippen LogP contribution in [0.2, 0.25) is 0 Å². The summed E-state index contributed by atoms with van der Waals surface area (Å²) in [6, 6.07) is 3.88. The van der Waals surface area contributed by atoms with E-state index in [0.29, 0.717) is 5.92 Å². The molecule has 0 radical (unpaired) electrons. The number of imidazole rings is 1. The van der Waals surface area contributed by atoms with Gasteiger partial charge >= 0.3 is 6.09 Å². The molecule has 0 spiro atoms. The van der Waals surface area contributed by atoms with Crippen molar-refractivity contribution in [2.24, 2.45) is 5.92 Å². The molecular formula is C18H27N5O2. The van der Waals surface area contributed by atoms with E-state index in [9.17, 15) is 4.79 Å². The van der Waals surface area contributed by atoms with E-state index >= 15 is 0 Å². The molecule has 3 rings (SSSR count).